The fourth-order valence-corrected chi connectivity index (χ4v) is 6.24. The van der Waals surface area contributed by atoms with Gasteiger partial charge in [0.1, 0.15) is 11.2 Å². The van der Waals surface area contributed by atoms with Gasteiger partial charge in [0.25, 0.3) is 0 Å². The lowest BCUT2D eigenvalue weighted by atomic mass is 9.88. The first kappa shape index (κ1) is 21.2. The minimum absolute atomic E-state index is 0.925. The van der Waals surface area contributed by atoms with Gasteiger partial charge in [-0.15, -0.1) is 0 Å². The predicted octanol–water partition coefficient (Wildman–Crippen LogP) is 10.7. The second-order valence-corrected chi connectivity index (χ2v) is 10.1. The van der Waals surface area contributed by atoms with Gasteiger partial charge < -0.3 is 4.42 Å². The molecule has 0 radical (unpaired) electrons. The fraction of sp³-hybridized carbons (Fsp3) is 0.0270. The molecule has 38 heavy (non-hydrogen) atoms. The molecular weight excluding hydrogens is 460 g/mol. The van der Waals surface area contributed by atoms with Crippen LogP contribution in [0.25, 0.3) is 76.5 Å². The van der Waals surface area contributed by atoms with E-state index in [0.717, 1.165) is 22.1 Å². The number of hydrogen-bond acceptors (Lipinski definition) is 1. The average Bonchev–Trinajstić information content (AvgIpc) is 3.36. The van der Waals surface area contributed by atoms with Crippen molar-refractivity contribution in [2.24, 2.45) is 0 Å². The molecule has 0 atom stereocenters. The maximum atomic E-state index is 6.32. The minimum atomic E-state index is 0.925. The van der Waals surface area contributed by atoms with Gasteiger partial charge in [-0.05, 0) is 85.3 Å². The van der Waals surface area contributed by atoms with Crippen LogP contribution in [0.3, 0.4) is 0 Å². The first-order valence-electron chi connectivity index (χ1n) is 13.1. The van der Waals surface area contributed by atoms with Crippen LogP contribution < -0.4 is 0 Å². The van der Waals surface area contributed by atoms with Gasteiger partial charge in [0, 0.05) is 10.8 Å². The van der Waals surface area contributed by atoms with Crippen LogP contribution in [0.1, 0.15) is 5.56 Å². The summed E-state index contributed by atoms with van der Waals surface area (Å²) in [4.78, 5) is 0. The van der Waals surface area contributed by atoms with Gasteiger partial charge in [-0.1, -0.05) is 109 Å². The summed E-state index contributed by atoms with van der Waals surface area (Å²) in [5, 5.41) is 10.1. The summed E-state index contributed by atoms with van der Waals surface area (Å²) in [5.41, 5.74) is 8.08. The number of fused-ring (bicyclic) bond motifs is 8. The molecule has 1 aromatic heterocycles. The predicted molar refractivity (Wildman–Crippen MR) is 162 cm³/mol. The Kier molecular flexibility index (Phi) is 4.50. The van der Waals surface area contributed by atoms with Crippen LogP contribution in [0.15, 0.2) is 132 Å². The summed E-state index contributed by atoms with van der Waals surface area (Å²) in [6.45, 7) is 2.25. The van der Waals surface area contributed by atoms with Crippen LogP contribution >= 0.6 is 0 Å². The van der Waals surface area contributed by atoms with Crippen molar-refractivity contribution in [2.45, 2.75) is 6.92 Å². The van der Waals surface area contributed by atoms with Crippen LogP contribution in [0.2, 0.25) is 0 Å². The van der Waals surface area contributed by atoms with E-state index in [0.29, 0.717) is 0 Å². The van der Waals surface area contributed by atoms with Gasteiger partial charge in [-0.25, -0.2) is 0 Å². The molecule has 0 saturated carbocycles. The summed E-state index contributed by atoms with van der Waals surface area (Å²) in [6.07, 6.45) is 0. The largest absolute Gasteiger partial charge is 0.456 e. The number of aryl methyl sites for hydroxylation is 1. The summed E-state index contributed by atoms with van der Waals surface area (Å²) in [6, 6.07) is 45.8. The van der Waals surface area contributed by atoms with Crippen LogP contribution in [0.5, 0.6) is 0 Å². The van der Waals surface area contributed by atoms with E-state index in [4.69, 9.17) is 4.42 Å². The zero-order chi connectivity index (χ0) is 25.2. The third-order valence-electron chi connectivity index (χ3n) is 8.06. The summed E-state index contributed by atoms with van der Waals surface area (Å²) in [5.74, 6) is 0. The van der Waals surface area contributed by atoms with Crippen molar-refractivity contribution in [3.05, 3.63) is 133 Å². The minimum Gasteiger partial charge on any atom is -0.456 e. The highest BCUT2D eigenvalue weighted by molar-refractivity contribution is 6.19. The first-order valence-corrected chi connectivity index (χ1v) is 13.1. The number of benzene rings is 7. The highest BCUT2D eigenvalue weighted by Gasteiger charge is 2.14. The van der Waals surface area contributed by atoms with Crippen molar-refractivity contribution < 1.29 is 4.42 Å². The smallest absolute Gasteiger partial charge is 0.136 e. The molecule has 0 saturated heterocycles. The van der Waals surface area contributed by atoms with E-state index in [1.165, 1.54) is 60.0 Å². The molecule has 0 aliphatic carbocycles. The lowest BCUT2D eigenvalue weighted by Crippen LogP contribution is -1.90. The van der Waals surface area contributed by atoms with Crippen molar-refractivity contribution >= 4 is 54.3 Å². The molecule has 1 nitrogen and oxygen atoms in total. The van der Waals surface area contributed by atoms with Gasteiger partial charge in [0.05, 0.1) is 0 Å². The highest BCUT2D eigenvalue weighted by atomic mass is 16.3. The van der Waals surface area contributed by atoms with Gasteiger partial charge in [0.15, 0.2) is 0 Å². The second-order valence-electron chi connectivity index (χ2n) is 10.1. The molecule has 0 fully saturated rings. The third kappa shape index (κ3) is 3.06. The maximum Gasteiger partial charge on any atom is 0.136 e. The zero-order valence-corrected chi connectivity index (χ0v) is 21.0. The van der Waals surface area contributed by atoms with Crippen LogP contribution in [-0.2, 0) is 0 Å². The maximum absolute atomic E-state index is 6.32. The Bertz CT molecular complexity index is 2180. The fourth-order valence-electron chi connectivity index (χ4n) is 6.24. The lowest BCUT2D eigenvalue weighted by molar-refractivity contribution is 0.669. The second kappa shape index (κ2) is 8.06. The topological polar surface area (TPSA) is 13.1 Å². The average molecular weight is 485 g/mol. The van der Waals surface area contributed by atoms with Gasteiger partial charge in [-0.2, -0.15) is 0 Å². The standard InChI is InChI=1S/C37H24O/c1-23-28-9-4-5-11-30(28)31-12-6-7-13-32(31)36(23)26-16-14-24(15-17-26)27-18-20-33-35(22-27)38-34-21-19-25-8-2-3-10-29(25)37(33)34/h2-22H,1H3. The van der Waals surface area contributed by atoms with Crippen molar-refractivity contribution in [3.8, 4) is 22.3 Å². The first-order chi connectivity index (χ1) is 18.8. The van der Waals surface area contributed by atoms with Gasteiger partial charge in [0.2, 0.25) is 0 Å². The molecular formula is C37H24O. The van der Waals surface area contributed by atoms with E-state index >= 15 is 0 Å². The molecule has 178 valence electrons. The van der Waals surface area contributed by atoms with Gasteiger partial charge >= 0.3 is 0 Å². The molecule has 8 rings (SSSR count). The molecule has 1 heteroatoms. The molecule has 0 aliphatic heterocycles. The Hall–Kier alpha value is -4.88. The molecule has 0 spiro atoms. The van der Waals surface area contributed by atoms with E-state index in [1.807, 2.05) is 0 Å². The Morgan fingerprint density at radius 1 is 0.421 bits per heavy atom. The van der Waals surface area contributed by atoms with E-state index in [1.54, 1.807) is 0 Å². The number of hydrogen-bond donors (Lipinski definition) is 0. The van der Waals surface area contributed by atoms with Gasteiger partial charge in [-0.3, -0.25) is 0 Å². The van der Waals surface area contributed by atoms with Crippen molar-refractivity contribution in [1.29, 1.82) is 0 Å². The summed E-state index contributed by atoms with van der Waals surface area (Å²) in [7, 11) is 0. The summed E-state index contributed by atoms with van der Waals surface area (Å²) >= 11 is 0. The van der Waals surface area contributed by atoms with Crippen molar-refractivity contribution in [2.75, 3.05) is 0 Å². The quantitative estimate of drug-likeness (QED) is 0.222. The summed E-state index contributed by atoms with van der Waals surface area (Å²) < 4.78 is 6.32. The third-order valence-corrected chi connectivity index (χ3v) is 8.06. The van der Waals surface area contributed by atoms with E-state index in [-0.39, 0.29) is 0 Å². The van der Waals surface area contributed by atoms with Crippen molar-refractivity contribution in [1.82, 2.24) is 0 Å². The molecule has 0 aliphatic rings. The monoisotopic (exact) mass is 484 g/mol. The Labute approximate surface area is 220 Å². The van der Waals surface area contributed by atoms with Crippen LogP contribution in [0, 0.1) is 6.92 Å². The van der Waals surface area contributed by atoms with E-state index in [9.17, 15) is 0 Å². The Morgan fingerprint density at radius 2 is 1.03 bits per heavy atom. The molecule has 0 N–H and O–H groups in total. The number of furan rings is 1. The molecule has 8 aromatic rings. The number of rotatable bonds is 2. The zero-order valence-electron chi connectivity index (χ0n) is 21.0. The van der Waals surface area contributed by atoms with Crippen LogP contribution in [0.4, 0.5) is 0 Å². The SMILES string of the molecule is Cc1c(-c2ccc(-c3ccc4c(c3)oc3ccc5ccccc5c34)cc2)c2ccccc2c2ccccc12. The molecule has 0 unspecified atom stereocenters. The van der Waals surface area contributed by atoms with Crippen LogP contribution in [-0.4, -0.2) is 0 Å². The van der Waals surface area contributed by atoms with Crippen molar-refractivity contribution in [3.63, 3.8) is 0 Å². The lowest BCUT2D eigenvalue weighted by Gasteiger charge is -2.15. The normalized spacial score (nSPS) is 11.8. The highest BCUT2D eigenvalue weighted by Crippen LogP contribution is 2.40. The van der Waals surface area contributed by atoms with E-state index < -0.39 is 0 Å². The Balaban J connectivity index is 1.26. The Morgan fingerprint density at radius 3 is 1.82 bits per heavy atom. The molecule has 7 aromatic carbocycles. The van der Waals surface area contributed by atoms with E-state index in [2.05, 4.69) is 134 Å². The molecule has 0 bridgehead atoms. The molecule has 0 amide bonds. The molecule has 1 heterocycles.